The normalized spacial score (nSPS) is 10.4. The molecule has 5 nitrogen and oxygen atoms in total. The number of pyridine rings is 1. The molecular formula is C18H14BrN3O2. The summed E-state index contributed by atoms with van der Waals surface area (Å²) in [5.41, 5.74) is 1.19. The number of benzene rings is 2. The molecule has 2 amide bonds. The van der Waals surface area contributed by atoms with E-state index in [0.717, 1.165) is 15.2 Å². The molecule has 0 unspecified atom stereocenters. The lowest BCUT2D eigenvalue weighted by molar-refractivity contribution is -0.115. The molecule has 2 N–H and O–H groups in total. The second-order valence-corrected chi connectivity index (χ2v) is 6.06. The Balaban J connectivity index is 1.64. The summed E-state index contributed by atoms with van der Waals surface area (Å²) in [6.45, 7) is -0.104. The molecule has 0 saturated heterocycles. The van der Waals surface area contributed by atoms with Gasteiger partial charge < -0.3 is 10.6 Å². The summed E-state index contributed by atoms with van der Waals surface area (Å²) in [6.07, 6.45) is 3.41. The number of aromatic nitrogens is 1. The van der Waals surface area contributed by atoms with Crippen LogP contribution in [0.4, 0.5) is 5.69 Å². The molecule has 3 aromatic rings. The highest BCUT2D eigenvalue weighted by atomic mass is 79.9. The Hall–Kier alpha value is -2.73. The third-order valence-corrected chi connectivity index (χ3v) is 3.94. The summed E-state index contributed by atoms with van der Waals surface area (Å²) < 4.78 is 0.809. The van der Waals surface area contributed by atoms with E-state index < -0.39 is 0 Å². The van der Waals surface area contributed by atoms with Crippen LogP contribution < -0.4 is 10.6 Å². The van der Waals surface area contributed by atoms with Crippen LogP contribution in [0.1, 0.15) is 10.4 Å². The highest BCUT2D eigenvalue weighted by Crippen LogP contribution is 2.21. The van der Waals surface area contributed by atoms with Crippen molar-refractivity contribution < 1.29 is 9.59 Å². The molecular weight excluding hydrogens is 370 g/mol. The maximum absolute atomic E-state index is 12.1. The Labute approximate surface area is 147 Å². The molecule has 3 rings (SSSR count). The molecule has 6 heteroatoms. The molecule has 0 aliphatic heterocycles. The van der Waals surface area contributed by atoms with Gasteiger partial charge in [0.15, 0.2) is 0 Å². The Morgan fingerprint density at radius 1 is 1.08 bits per heavy atom. The summed E-state index contributed by atoms with van der Waals surface area (Å²) in [4.78, 5) is 28.2. The Morgan fingerprint density at radius 3 is 2.75 bits per heavy atom. The number of hydrogen-bond donors (Lipinski definition) is 2. The molecule has 0 aliphatic carbocycles. The molecule has 1 aromatic heterocycles. The van der Waals surface area contributed by atoms with Crippen molar-refractivity contribution in [2.24, 2.45) is 0 Å². The van der Waals surface area contributed by atoms with Gasteiger partial charge in [-0.05, 0) is 30.3 Å². The molecule has 0 aliphatic rings. The minimum Gasteiger partial charge on any atom is -0.343 e. The first kappa shape index (κ1) is 16.1. The van der Waals surface area contributed by atoms with Crippen LogP contribution in [-0.2, 0) is 4.79 Å². The number of rotatable bonds is 4. The van der Waals surface area contributed by atoms with Crippen molar-refractivity contribution in [2.75, 3.05) is 11.9 Å². The first-order chi connectivity index (χ1) is 11.6. The summed E-state index contributed by atoms with van der Waals surface area (Å²) in [5.74, 6) is -0.587. The molecule has 1 heterocycles. The van der Waals surface area contributed by atoms with E-state index in [4.69, 9.17) is 0 Å². The predicted molar refractivity (Wildman–Crippen MR) is 96.8 cm³/mol. The Kier molecular flexibility index (Phi) is 4.86. The lowest BCUT2D eigenvalue weighted by Gasteiger charge is -2.09. The minimum absolute atomic E-state index is 0.104. The van der Waals surface area contributed by atoms with Gasteiger partial charge in [0.2, 0.25) is 5.91 Å². The first-order valence-electron chi connectivity index (χ1n) is 7.30. The van der Waals surface area contributed by atoms with Crippen LogP contribution >= 0.6 is 15.9 Å². The SMILES string of the molecule is O=C(CNC(=O)c1cccc(Br)c1)Nc1cccc2cnccc12. The van der Waals surface area contributed by atoms with E-state index in [1.807, 2.05) is 30.3 Å². The van der Waals surface area contributed by atoms with Gasteiger partial charge in [-0.25, -0.2) is 0 Å². The molecule has 0 fully saturated rings. The number of amides is 2. The van der Waals surface area contributed by atoms with Crippen LogP contribution in [0.25, 0.3) is 10.8 Å². The van der Waals surface area contributed by atoms with Crippen molar-refractivity contribution in [1.29, 1.82) is 0 Å². The fourth-order valence-electron chi connectivity index (χ4n) is 2.32. The van der Waals surface area contributed by atoms with Crippen LogP contribution in [0.5, 0.6) is 0 Å². The van der Waals surface area contributed by atoms with Crippen molar-refractivity contribution in [3.05, 3.63) is 71.0 Å². The van der Waals surface area contributed by atoms with E-state index in [2.05, 4.69) is 31.5 Å². The van der Waals surface area contributed by atoms with Crippen LogP contribution in [0.2, 0.25) is 0 Å². The zero-order chi connectivity index (χ0) is 16.9. The van der Waals surface area contributed by atoms with Gasteiger partial charge in [-0.2, -0.15) is 0 Å². The number of fused-ring (bicyclic) bond motifs is 1. The second-order valence-electron chi connectivity index (χ2n) is 5.14. The fraction of sp³-hybridized carbons (Fsp3) is 0.0556. The van der Waals surface area contributed by atoms with Crippen LogP contribution in [0.15, 0.2) is 65.4 Å². The van der Waals surface area contributed by atoms with Gasteiger partial charge in [0.25, 0.3) is 5.91 Å². The third kappa shape index (κ3) is 3.78. The highest BCUT2D eigenvalue weighted by Gasteiger charge is 2.09. The van der Waals surface area contributed by atoms with Crippen molar-refractivity contribution in [3.63, 3.8) is 0 Å². The standard InChI is InChI=1S/C18H14BrN3O2/c19-14-5-1-3-12(9-14)18(24)21-11-17(23)22-16-6-2-4-13-10-20-8-7-15(13)16/h1-10H,11H2,(H,21,24)(H,22,23). The quantitative estimate of drug-likeness (QED) is 0.725. The fourth-order valence-corrected chi connectivity index (χ4v) is 2.72. The Morgan fingerprint density at radius 2 is 1.92 bits per heavy atom. The van der Waals surface area contributed by atoms with Crippen LogP contribution in [0, 0.1) is 0 Å². The average molecular weight is 384 g/mol. The monoisotopic (exact) mass is 383 g/mol. The number of anilines is 1. The van der Waals surface area contributed by atoms with E-state index in [-0.39, 0.29) is 18.4 Å². The topological polar surface area (TPSA) is 71.1 Å². The maximum atomic E-state index is 12.1. The zero-order valence-electron chi connectivity index (χ0n) is 12.6. The van der Waals surface area contributed by atoms with Crippen LogP contribution in [0.3, 0.4) is 0 Å². The number of carbonyl (C=O) groups excluding carboxylic acids is 2. The third-order valence-electron chi connectivity index (χ3n) is 3.45. The molecule has 0 bridgehead atoms. The highest BCUT2D eigenvalue weighted by molar-refractivity contribution is 9.10. The van der Waals surface area contributed by atoms with E-state index in [1.165, 1.54) is 0 Å². The summed E-state index contributed by atoms with van der Waals surface area (Å²) in [7, 11) is 0. The zero-order valence-corrected chi connectivity index (χ0v) is 14.2. The maximum Gasteiger partial charge on any atom is 0.251 e. The van der Waals surface area contributed by atoms with Gasteiger partial charge in [-0.15, -0.1) is 0 Å². The molecule has 120 valence electrons. The van der Waals surface area contributed by atoms with Crippen LogP contribution in [-0.4, -0.2) is 23.3 Å². The largest absolute Gasteiger partial charge is 0.343 e. The van der Waals surface area contributed by atoms with Crippen molar-refractivity contribution >= 4 is 44.2 Å². The Bertz CT molecular complexity index is 906. The number of halogens is 1. The van der Waals surface area contributed by atoms with Crippen molar-refractivity contribution in [2.45, 2.75) is 0 Å². The van der Waals surface area contributed by atoms with E-state index in [9.17, 15) is 9.59 Å². The predicted octanol–water partition coefficient (Wildman–Crippen LogP) is 3.37. The molecule has 0 saturated carbocycles. The second kappa shape index (κ2) is 7.23. The number of carbonyl (C=O) groups is 2. The molecule has 24 heavy (non-hydrogen) atoms. The molecule has 2 aromatic carbocycles. The minimum atomic E-state index is -0.298. The van der Waals surface area contributed by atoms with Gasteiger partial charge in [0, 0.05) is 38.9 Å². The average Bonchev–Trinajstić information content (AvgIpc) is 2.60. The van der Waals surface area contributed by atoms with Gasteiger partial charge in [0.1, 0.15) is 0 Å². The van der Waals surface area contributed by atoms with Gasteiger partial charge in [-0.3, -0.25) is 14.6 Å². The van der Waals surface area contributed by atoms with Gasteiger partial charge >= 0.3 is 0 Å². The molecule has 0 spiro atoms. The van der Waals surface area contributed by atoms with Gasteiger partial charge in [-0.1, -0.05) is 34.1 Å². The number of nitrogens with zero attached hydrogens (tertiary/aromatic N) is 1. The number of hydrogen-bond acceptors (Lipinski definition) is 3. The van der Waals surface area contributed by atoms with E-state index >= 15 is 0 Å². The van der Waals surface area contributed by atoms with Gasteiger partial charge in [0.05, 0.1) is 6.54 Å². The van der Waals surface area contributed by atoms with E-state index in [0.29, 0.717) is 11.3 Å². The summed E-state index contributed by atoms with van der Waals surface area (Å²) >= 11 is 3.31. The number of nitrogens with one attached hydrogen (secondary N) is 2. The summed E-state index contributed by atoms with van der Waals surface area (Å²) in [5, 5.41) is 7.26. The van der Waals surface area contributed by atoms with Crippen molar-refractivity contribution in [3.8, 4) is 0 Å². The smallest absolute Gasteiger partial charge is 0.251 e. The molecule has 0 atom stereocenters. The lowest BCUT2D eigenvalue weighted by atomic mass is 10.1. The lowest BCUT2D eigenvalue weighted by Crippen LogP contribution is -2.32. The summed E-state index contributed by atoms with van der Waals surface area (Å²) in [6, 6.07) is 14.4. The first-order valence-corrected chi connectivity index (χ1v) is 8.09. The molecule has 0 radical (unpaired) electrons. The van der Waals surface area contributed by atoms with Crippen molar-refractivity contribution in [1.82, 2.24) is 10.3 Å². The van der Waals surface area contributed by atoms with E-state index in [1.54, 1.807) is 30.6 Å².